The van der Waals surface area contributed by atoms with Crippen LogP contribution in [0.4, 0.5) is 4.79 Å². The maximum absolute atomic E-state index is 14.3. The summed E-state index contributed by atoms with van der Waals surface area (Å²) in [6, 6.07) is 42.3. The largest absolute Gasteiger partial charge is 0.444 e. The Kier molecular flexibility index (Phi) is 10.2. The molecule has 7 heteroatoms. The lowest BCUT2D eigenvalue weighted by molar-refractivity contribution is -0.134. The summed E-state index contributed by atoms with van der Waals surface area (Å²) in [6.07, 6.45) is 0.407. The predicted octanol–water partition coefficient (Wildman–Crippen LogP) is 7.69. The highest BCUT2D eigenvalue weighted by Crippen LogP contribution is 2.48. The first-order valence-corrected chi connectivity index (χ1v) is 16.7. The van der Waals surface area contributed by atoms with Crippen molar-refractivity contribution < 1.29 is 14.3 Å². The molecule has 236 valence electrons. The third-order valence-electron chi connectivity index (χ3n) is 8.47. The zero-order valence-electron chi connectivity index (χ0n) is 26.7. The van der Waals surface area contributed by atoms with Gasteiger partial charge in [0, 0.05) is 18.8 Å². The van der Waals surface area contributed by atoms with E-state index >= 15 is 0 Å². The molecule has 1 atom stereocenters. The maximum Gasteiger partial charge on any atom is 0.408 e. The van der Waals surface area contributed by atoms with Crippen LogP contribution >= 0.6 is 11.8 Å². The molecule has 1 heterocycles. The van der Waals surface area contributed by atoms with Crippen LogP contribution in [0.1, 0.15) is 55.9 Å². The number of amides is 2. The van der Waals surface area contributed by atoms with E-state index in [1.807, 2.05) is 84.9 Å². The Bertz CT molecular complexity index is 1530. The number of hydrogen-bond donors (Lipinski definition) is 1. The fraction of sp³-hybridized carbons (Fsp3) is 0.308. The van der Waals surface area contributed by atoms with Crippen molar-refractivity contribution in [1.29, 1.82) is 5.26 Å². The van der Waals surface area contributed by atoms with E-state index < -0.39 is 27.9 Å². The summed E-state index contributed by atoms with van der Waals surface area (Å²) in [5.41, 5.74) is 2.81. The van der Waals surface area contributed by atoms with E-state index in [-0.39, 0.29) is 11.7 Å². The van der Waals surface area contributed by atoms with Gasteiger partial charge in [-0.2, -0.15) is 5.26 Å². The smallest absolute Gasteiger partial charge is 0.408 e. The van der Waals surface area contributed by atoms with Crippen molar-refractivity contribution in [3.63, 3.8) is 0 Å². The molecule has 0 aromatic heterocycles. The van der Waals surface area contributed by atoms with Crippen molar-refractivity contribution in [2.45, 2.75) is 55.4 Å². The number of nitriles is 1. The average Bonchev–Trinajstić information content (AvgIpc) is 3.09. The molecule has 6 nitrogen and oxygen atoms in total. The highest BCUT2D eigenvalue weighted by molar-refractivity contribution is 8.00. The lowest BCUT2D eigenvalue weighted by Crippen LogP contribution is -2.54. The summed E-state index contributed by atoms with van der Waals surface area (Å²) in [6.45, 7) is 6.25. The standard InChI is InChI=1S/C39H41N3O3S/c1-37(2,3)45-36(44)41-34(35(43)42-26-24-38(29-40,25-27-42)30-16-8-4-9-17-30)28-46-39(31-18-10-5-11-19-31,32-20-12-6-13-21-32)33-22-14-7-15-23-33/h4-23,34H,24-28H2,1-3H3,(H,41,44)/t34-/m0/s1. The number of likely N-dealkylation sites (tertiary alicyclic amines) is 1. The molecule has 1 saturated heterocycles. The zero-order chi connectivity index (χ0) is 32.6. The van der Waals surface area contributed by atoms with Gasteiger partial charge in [0.2, 0.25) is 5.91 Å². The zero-order valence-corrected chi connectivity index (χ0v) is 27.5. The molecule has 4 aromatic rings. The molecular formula is C39H41N3O3S. The SMILES string of the molecule is CC(C)(C)OC(=O)N[C@@H](CSC(c1ccccc1)(c1ccccc1)c1ccccc1)C(=O)N1CCC(C#N)(c2ccccc2)CC1. The maximum atomic E-state index is 14.3. The molecule has 1 fully saturated rings. The van der Waals surface area contributed by atoms with Crippen LogP contribution in [0, 0.1) is 11.3 Å². The minimum absolute atomic E-state index is 0.180. The van der Waals surface area contributed by atoms with Crippen molar-refractivity contribution in [2.75, 3.05) is 18.8 Å². The normalized spacial score (nSPS) is 15.3. The van der Waals surface area contributed by atoms with Crippen LogP contribution < -0.4 is 5.32 Å². The molecule has 1 aliphatic heterocycles. The number of benzene rings is 4. The monoisotopic (exact) mass is 631 g/mol. The summed E-state index contributed by atoms with van der Waals surface area (Å²) in [4.78, 5) is 29.3. The van der Waals surface area contributed by atoms with Gasteiger partial charge in [-0.15, -0.1) is 11.8 Å². The number of nitrogens with one attached hydrogen (secondary N) is 1. The van der Waals surface area contributed by atoms with E-state index in [0.717, 1.165) is 22.3 Å². The highest BCUT2D eigenvalue weighted by Gasteiger charge is 2.42. The number of carbonyl (C=O) groups excluding carboxylic acids is 2. The molecule has 0 aliphatic carbocycles. The average molecular weight is 632 g/mol. The van der Waals surface area contributed by atoms with Crippen LogP contribution in [0.15, 0.2) is 121 Å². The topological polar surface area (TPSA) is 82.4 Å². The van der Waals surface area contributed by atoms with E-state index in [1.165, 1.54) is 0 Å². The quantitative estimate of drug-likeness (QED) is 0.192. The lowest BCUT2D eigenvalue weighted by Gasteiger charge is -2.40. The van der Waals surface area contributed by atoms with Gasteiger partial charge in [-0.3, -0.25) is 4.79 Å². The second-order valence-electron chi connectivity index (χ2n) is 12.7. The van der Waals surface area contributed by atoms with E-state index in [9.17, 15) is 14.9 Å². The molecule has 0 unspecified atom stereocenters. The second kappa shape index (κ2) is 14.3. The van der Waals surface area contributed by atoms with Crippen molar-refractivity contribution in [1.82, 2.24) is 10.2 Å². The first kappa shape index (κ1) is 32.8. The first-order valence-electron chi connectivity index (χ1n) is 15.7. The first-order chi connectivity index (χ1) is 22.2. The Hall–Kier alpha value is -4.54. The molecule has 0 saturated carbocycles. The Balaban J connectivity index is 1.48. The fourth-order valence-electron chi connectivity index (χ4n) is 6.15. The van der Waals surface area contributed by atoms with Gasteiger partial charge in [-0.1, -0.05) is 121 Å². The van der Waals surface area contributed by atoms with E-state index in [1.54, 1.807) is 37.4 Å². The summed E-state index contributed by atoms with van der Waals surface area (Å²) in [5.74, 6) is 0.107. The predicted molar refractivity (Wildman–Crippen MR) is 184 cm³/mol. The second-order valence-corrected chi connectivity index (χ2v) is 13.9. The molecule has 0 spiro atoms. The van der Waals surface area contributed by atoms with Gasteiger partial charge in [0.05, 0.1) is 16.2 Å². The minimum atomic E-state index is -0.860. The molecule has 0 radical (unpaired) electrons. The van der Waals surface area contributed by atoms with Crippen LogP contribution in [0.5, 0.6) is 0 Å². The van der Waals surface area contributed by atoms with Crippen LogP contribution in [-0.4, -0.2) is 47.4 Å². The van der Waals surface area contributed by atoms with Crippen LogP contribution in [-0.2, 0) is 19.7 Å². The molecule has 5 rings (SSSR count). The Labute approximate surface area is 276 Å². The number of nitrogens with zero attached hydrogens (tertiary/aromatic N) is 2. The van der Waals surface area contributed by atoms with Gasteiger partial charge >= 0.3 is 6.09 Å². The number of carbonyl (C=O) groups is 2. The van der Waals surface area contributed by atoms with E-state index in [4.69, 9.17) is 4.74 Å². The fourth-order valence-corrected chi connectivity index (χ4v) is 7.70. The van der Waals surface area contributed by atoms with Gasteiger partial charge < -0.3 is 15.0 Å². The molecule has 4 aromatic carbocycles. The van der Waals surface area contributed by atoms with Crippen molar-refractivity contribution >= 4 is 23.8 Å². The van der Waals surface area contributed by atoms with Crippen LogP contribution in [0.2, 0.25) is 0 Å². The van der Waals surface area contributed by atoms with Gasteiger partial charge in [0.15, 0.2) is 0 Å². The highest BCUT2D eigenvalue weighted by atomic mass is 32.2. The minimum Gasteiger partial charge on any atom is -0.444 e. The van der Waals surface area contributed by atoms with Gasteiger partial charge in [-0.25, -0.2) is 4.79 Å². The number of ether oxygens (including phenoxy) is 1. The molecule has 1 aliphatic rings. The summed E-state index contributed by atoms with van der Waals surface area (Å²) in [5, 5.41) is 13.2. The summed E-state index contributed by atoms with van der Waals surface area (Å²) in [7, 11) is 0. The van der Waals surface area contributed by atoms with Crippen LogP contribution in [0.3, 0.4) is 0 Å². The van der Waals surface area contributed by atoms with Gasteiger partial charge in [0.1, 0.15) is 11.6 Å². The Morgan fingerprint density at radius 2 is 1.24 bits per heavy atom. The van der Waals surface area contributed by atoms with E-state index in [2.05, 4.69) is 47.8 Å². The van der Waals surface area contributed by atoms with Crippen LogP contribution in [0.25, 0.3) is 0 Å². The summed E-state index contributed by atoms with van der Waals surface area (Å²) >= 11 is 1.62. The number of rotatable bonds is 9. The molecule has 1 N–H and O–H groups in total. The van der Waals surface area contributed by atoms with Crippen molar-refractivity contribution in [3.8, 4) is 6.07 Å². The molecule has 46 heavy (non-hydrogen) atoms. The Morgan fingerprint density at radius 1 is 0.804 bits per heavy atom. The number of alkyl carbamates (subject to hydrolysis) is 1. The van der Waals surface area contributed by atoms with Crippen molar-refractivity contribution in [2.24, 2.45) is 0 Å². The molecular weight excluding hydrogens is 591 g/mol. The van der Waals surface area contributed by atoms with Gasteiger partial charge in [0.25, 0.3) is 0 Å². The molecule has 0 bridgehead atoms. The molecule has 2 amide bonds. The number of piperidine rings is 1. The van der Waals surface area contributed by atoms with Crippen molar-refractivity contribution in [3.05, 3.63) is 144 Å². The summed E-state index contributed by atoms with van der Waals surface area (Å²) < 4.78 is 4.96. The third kappa shape index (κ3) is 7.29. The third-order valence-corrected chi connectivity index (χ3v) is 10.1. The van der Waals surface area contributed by atoms with Gasteiger partial charge in [-0.05, 0) is 55.9 Å². The number of thioether (sulfide) groups is 1. The number of hydrogen-bond acceptors (Lipinski definition) is 5. The van der Waals surface area contributed by atoms with E-state index in [0.29, 0.717) is 25.9 Å². The lowest BCUT2D eigenvalue weighted by atomic mass is 9.74. The Morgan fingerprint density at radius 3 is 1.65 bits per heavy atom.